The molecule has 0 amide bonds. The minimum Gasteiger partial charge on any atom is -0.347 e. The number of hydrogen-bond donors (Lipinski definition) is 0. The average molecular weight is 170 g/mol. The van der Waals surface area contributed by atoms with E-state index in [0.29, 0.717) is 17.9 Å². The Morgan fingerprint density at radius 3 is 2.83 bits per heavy atom. The third-order valence-electron chi connectivity index (χ3n) is 3.45. The van der Waals surface area contributed by atoms with Gasteiger partial charge in [-0.2, -0.15) is 0 Å². The van der Waals surface area contributed by atoms with Gasteiger partial charge in [0.25, 0.3) is 0 Å². The normalized spacial score (nSPS) is 52.8. The lowest BCUT2D eigenvalue weighted by Gasteiger charge is -2.39. The Balaban J connectivity index is 2.18. The molecule has 2 fully saturated rings. The van der Waals surface area contributed by atoms with Crippen molar-refractivity contribution < 1.29 is 9.47 Å². The summed E-state index contributed by atoms with van der Waals surface area (Å²) in [5.74, 6) is 0.996. The summed E-state index contributed by atoms with van der Waals surface area (Å²) in [6.45, 7) is 7.45. The van der Waals surface area contributed by atoms with Gasteiger partial charge in [-0.1, -0.05) is 20.8 Å². The van der Waals surface area contributed by atoms with E-state index in [0.717, 1.165) is 13.0 Å². The molecule has 0 aromatic carbocycles. The largest absolute Gasteiger partial charge is 0.347 e. The molecule has 2 saturated heterocycles. The maximum absolute atomic E-state index is 5.94. The third kappa shape index (κ3) is 1.01. The number of ether oxygens (including phenoxy) is 2. The number of fused-ring (bicyclic) bond motifs is 2. The second-order valence-corrected chi connectivity index (χ2v) is 4.25. The van der Waals surface area contributed by atoms with Crippen LogP contribution in [0.1, 0.15) is 33.6 Å². The molecule has 2 heterocycles. The molecule has 0 radical (unpaired) electrons. The molecule has 2 aliphatic rings. The van der Waals surface area contributed by atoms with Crippen LogP contribution in [0.3, 0.4) is 0 Å². The van der Waals surface area contributed by atoms with Crippen molar-refractivity contribution in [1.82, 2.24) is 0 Å². The average Bonchev–Trinajstić information content (AvgIpc) is 2.44. The summed E-state index contributed by atoms with van der Waals surface area (Å²) in [7, 11) is 0. The van der Waals surface area contributed by atoms with E-state index in [-0.39, 0.29) is 5.79 Å². The Kier molecular flexibility index (Phi) is 1.92. The Bertz CT molecular complexity index is 181. The van der Waals surface area contributed by atoms with Gasteiger partial charge in [-0.05, 0) is 18.8 Å². The molecule has 0 aromatic rings. The van der Waals surface area contributed by atoms with Crippen molar-refractivity contribution in [3.05, 3.63) is 0 Å². The van der Waals surface area contributed by atoms with Crippen LogP contribution in [0.5, 0.6) is 0 Å². The second kappa shape index (κ2) is 2.71. The first-order valence-corrected chi connectivity index (χ1v) is 4.99. The molecule has 2 nitrogen and oxygen atoms in total. The predicted molar refractivity (Wildman–Crippen MR) is 46.8 cm³/mol. The zero-order valence-electron chi connectivity index (χ0n) is 8.17. The van der Waals surface area contributed by atoms with Crippen molar-refractivity contribution in [2.24, 2.45) is 11.8 Å². The number of hydrogen-bond acceptors (Lipinski definition) is 2. The van der Waals surface area contributed by atoms with Gasteiger partial charge in [-0.3, -0.25) is 0 Å². The van der Waals surface area contributed by atoms with Crippen LogP contribution in [0, 0.1) is 11.8 Å². The first-order valence-electron chi connectivity index (χ1n) is 4.99. The van der Waals surface area contributed by atoms with Crippen molar-refractivity contribution in [3.8, 4) is 0 Å². The molecule has 0 aromatic heterocycles. The van der Waals surface area contributed by atoms with Gasteiger partial charge in [-0.25, -0.2) is 0 Å². The van der Waals surface area contributed by atoms with Crippen molar-refractivity contribution in [3.63, 3.8) is 0 Å². The zero-order valence-corrected chi connectivity index (χ0v) is 8.17. The van der Waals surface area contributed by atoms with Crippen LogP contribution >= 0.6 is 0 Å². The van der Waals surface area contributed by atoms with E-state index in [9.17, 15) is 0 Å². The third-order valence-corrected chi connectivity index (χ3v) is 3.45. The van der Waals surface area contributed by atoms with Gasteiger partial charge in [-0.15, -0.1) is 0 Å². The van der Waals surface area contributed by atoms with Crippen molar-refractivity contribution >= 4 is 0 Å². The second-order valence-electron chi connectivity index (χ2n) is 4.25. The topological polar surface area (TPSA) is 18.5 Å². The molecule has 70 valence electrons. The van der Waals surface area contributed by atoms with E-state index < -0.39 is 0 Å². The molecule has 2 aliphatic heterocycles. The highest BCUT2D eigenvalue weighted by Gasteiger charge is 2.50. The molecule has 2 heteroatoms. The molecule has 4 unspecified atom stereocenters. The molecule has 0 aliphatic carbocycles. The SMILES string of the molecule is CCC12OCC(O1)C(C)CC2C. The summed E-state index contributed by atoms with van der Waals surface area (Å²) in [5.41, 5.74) is 0. The van der Waals surface area contributed by atoms with E-state index in [1.54, 1.807) is 0 Å². The van der Waals surface area contributed by atoms with Crippen LogP contribution in [0.25, 0.3) is 0 Å². The summed E-state index contributed by atoms with van der Waals surface area (Å²) >= 11 is 0. The molecule has 2 rings (SSSR count). The standard InChI is InChI=1S/C10H18O2/c1-4-10-8(3)5-7(2)9(12-10)6-11-10/h7-9H,4-6H2,1-3H3. The van der Waals surface area contributed by atoms with Gasteiger partial charge < -0.3 is 9.47 Å². The summed E-state index contributed by atoms with van der Waals surface area (Å²) in [4.78, 5) is 0. The lowest BCUT2D eigenvalue weighted by Crippen LogP contribution is -2.43. The maximum Gasteiger partial charge on any atom is 0.171 e. The van der Waals surface area contributed by atoms with E-state index in [4.69, 9.17) is 9.47 Å². The lowest BCUT2D eigenvalue weighted by molar-refractivity contribution is -0.229. The van der Waals surface area contributed by atoms with E-state index in [2.05, 4.69) is 20.8 Å². The molecule has 12 heavy (non-hydrogen) atoms. The van der Waals surface area contributed by atoms with Crippen molar-refractivity contribution in [1.29, 1.82) is 0 Å². The van der Waals surface area contributed by atoms with Crippen LogP contribution in [0.4, 0.5) is 0 Å². The lowest BCUT2D eigenvalue weighted by atomic mass is 9.84. The minimum atomic E-state index is -0.225. The fourth-order valence-electron chi connectivity index (χ4n) is 2.51. The van der Waals surface area contributed by atoms with Gasteiger partial charge in [0.05, 0.1) is 12.7 Å². The summed E-state index contributed by atoms with van der Waals surface area (Å²) in [5, 5.41) is 0. The summed E-state index contributed by atoms with van der Waals surface area (Å²) in [6, 6.07) is 0. The van der Waals surface area contributed by atoms with E-state index in [1.807, 2.05) is 0 Å². The van der Waals surface area contributed by atoms with Gasteiger partial charge in [0.15, 0.2) is 5.79 Å². The molecular formula is C10H18O2. The van der Waals surface area contributed by atoms with Gasteiger partial charge in [0.2, 0.25) is 0 Å². The van der Waals surface area contributed by atoms with Gasteiger partial charge in [0.1, 0.15) is 0 Å². The summed E-state index contributed by atoms with van der Waals surface area (Å²) < 4.78 is 11.7. The van der Waals surface area contributed by atoms with Crippen LogP contribution in [0.15, 0.2) is 0 Å². The zero-order chi connectivity index (χ0) is 8.77. The number of rotatable bonds is 1. The van der Waals surface area contributed by atoms with Crippen LogP contribution in [-0.4, -0.2) is 18.5 Å². The minimum absolute atomic E-state index is 0.225. The maximum atomic E-state index is 5.94. The Morgan fingerprint density at radius 1 is 1.42 bits per heavy atom. The van der Waals surface area contributed by atoms with Crippen LogP contribution in [0.2, 0.25) is 0 Å². The highest BCUT2D eigenvalue weighted by Crippen LogP contribution is 2.44. The molecular weight excluding hydrogens is 152 g/mol. The highest BCUT2D eigenvalue weighted by atomic mass is 16.7. The Hall–Kier alpha value is -0.0800. The predicted octanol–water partition coefficient (Wildman–Crippen LogP) is 2.18. The monoisotopic (exact) mass is 170 g/mol. The fourth-order valence-corrected chi connectivity index (χ4v) is 2.51. The molecule has 4 atom stereocenters. The Morgan fingerprint density at radius 2 is 2.17 bits per heavy atom. The first-order chi connectivity index (χ1) is 5.68. The molecule has 2 bridgehead atoms. The fraction of sp³-hybridized carbons (Fsp3) is 1.00. The first kappa shape index (κ1) is 8.52. The van der Waals surface area contributed by atoms with Crippen molar-refractivity contribution in [2.45, 2.75) is 45.5 Å². The molecule has 0 N–H and O–H groups in total. The van der Waals surface area contributed by atoms with Crippen LogP contribution < -0.4 is 0 Å². The quantitative estimate of drug-likeness (QED) is 0.600. The van der Waals surface area contributed by atoms with E-state index in [1.165, 1.54) is 6.42 Å². The van der Waals surface area contributed by atoms with Crippen molar-refractivity contribution in [2.75, 3.05) is 6.61 Å². The van der Waals surface area contributed by atoms with Crippen LogP contribution in [-0.2, 0) is 9.47 Å². The summed E-state index contributed by atoms with van der Waals surface area (Å²) in [6.07, 6.45) is 2.59. The van der Waals surface area contributed by atoms with E-state index >= 15 is 0 Å². The van der Waals surface area contributed by atoms with Gasteiger partial charge >= 0.3 is 0 Å². The highest BCUT2D eigenvalue weighted by molar-refractivity contribution is 4.91. The smallest absolute Gasteiger partial charge is 0.171 e. The van der Waals surface area contributed by atoms with Gasteiger partial charge in [0, 0.05) is 5.92 Å². The molecule has 0 saturated carbocycles. The molecule has 0 spiro atoms. The Labute approximate surface area is 74.2 Å².